The van der Waals surface area contributed by atoms with E-state index in [4.69, 9.17) is 9.47 Å². The number of aliphatic carboxylic acids is 1. The summed E-state index contributed by atoms with van der Waals surface area (Å²) in [6, 6.07) is 8.78. The summed E-state index contributed by atoms with van der Waals surface area (Å²) in [5, 5.41) is 10.1. The van der Waals surface area contributed by atoms with Crippen LogP contribution < -0.4 is 4.74 Å². The van der Waals surface area contributed by atoms with Crippen LogP contribution in [-0.2, 0) is 41.6 Å². The lowest BCUT2D eigenvalue weighted by Crippen LogP contribution is -2.27. The van der Waals surface area contributed by atoms with Gasteiger partial charge in [-0.05, 0) is 67.5 Å². The quantitative estimate of drug-likeness (QED) is 0.369. The van der Waals surface area contributed by atoms with Crippen molar-refractivity contribution >= 4 is 17.3 Å². The fourth-order valence-electron chi connectivity index (χ4n) is 4.31. The number of thiazole rings is 1. The molecule has 35 heavy (non-hydrogen) atoms. The highest BCUT2D eigenvalue weighted by Crippen LogP contribution is 2.35. The maximum atomic E-state index is 12.8. The minimum atomic E-state index is -4.37. The van der Waals surface area contributed by atoms with Crippen molar-refractivity contribution in [2.75, 3.05) is 6.61 Å². The zero-order chi connectivity index (χ0) is 25.0. The number of hydrogen-bond acceptors (Lipinski definition) is 5. The van der Waals surface area contributed by atoms with Gasteiger partial charge in [0.2, 0.25) is 0 Å². The van der Waals surface area contributed by atoms with Crippen molar-refractivity contribution in [1.29, 1.82) is 0 Å². The second kappa shape index (κ2) is 10.8. The van der Waals surface area contributed by atoms with Crippen LogP contribution in [0.1, 0.15) is 46.9 Å². The summed E-state index contributed by atoms with van der Waals surface area (Å²) >= 11 is 1.38. The molecular weight excluding hydrogens is 479 g/mol. The van der Waals surface area contributed by atoms with Gasteiger partial charge in [0.1, 0.15) is 17.4 Å². The Balaban J connectivity index is 1.48. The first-order chi connectivity index (χ1) is 16.8. The second-order valence-corrected chi connectivity index (χ2v) is 9.48. The van der Waals surface area contributed by atoms with E-state index in [9.17, 15) is 23.1 Å². The number of halogens is 3. The molecule has 5 nitrogen and oxygen atoms in total. The molecule has 3 aromatic rings. The fourth-order valence-corrected chi connectivity index (χ4v) is 5.14. The first kappa shape index (κ1) is 25.2. The van der Waals surface area contributed by atoms with Gasteiger partial charge in [0.05, 0.1) is 10.4 Å². The third kappa shape index (κ3) is 6.02. The maximum Gasteiger partial charge on any atom is 0.416 e. The van der Waals surface area contributed by atoms with Gasteiger partial charge in [0.25, 0.3) is 0 Å². The van der Waals surface area contributed by atoms with Crippen molar-refractivity contribution in [3.8, 4) is 16.3 Å². The lowest BCUT2D eigenvalue weighted by molar-refractivity contribution is -0.150. The summed E-state index contributed by atoms with van der Waals surface area (Å²) in [7, 11) is 0. The van der Waals surface area contributed by atoms with Gasteiger partial charge in [-0.1, -0.05) is 18.2 Å². The highest BCUT2D eigenvalue weighted by Gasteiger charge is 2.30. The van der Waals surface area contributed by atoms with Crippen molar-refractivity contribution in [2.45, 2.75) is 57.9 Å². The van der Waals surface area contributed by atoms with Crippen molar-refractivity contribution in [2.24, 2.45) is 0 Å². The molecule has 1 atom stereocenters. The standard InChI is InChI=1S/C26H26F3NO4S/c1-2-33-23(25(31)32)13-17-9-12-22(21-6-4-3-5-20(17)21)34-15-19-14-30-24(35-19)16-7-10-18(11-8-16)26(27,28)29/h7-12,14,23H,2-6,13,15H2,1H3,(H,31,32). The number of carboxylic acids is 1. The van der Waals surface area contributed by atoms with Gasteiger partial charge in [0.15, 0.2) is 6.10 Å². The van der Waals surface area contributed by atoms with Crippen LogP contribution in [0.3, 0.4) is 0 Å². The highest BCUT2D eigenvalue weighted by molar-refractivity contribution is 7.15. The van der Waals surface area contributed by atoms with Crippen molar-refractivity contribution in [3.05, 3.63) is 69.7 Å². The zero-order valence-corrected chi connectivity index (χ0v) is 20.0. The molecule has 0 aliphatic heterocycles. The van der Waals surface area contributed by atoms with Crippen LogP contribution in [0.4, 0.5) is 13.2 Å². The van der Waals surface area contributed by atoms with Crippen LogP contribution in [0.25, 0.3) is 10.6 Å². The predicted octanol–water partition coefficient (Wildman–Crippen LogP) is 6.32. The number of nitrogens with zero attached hydrogens (tertiary/aromatic N) is 1. The van der Waals surface area contributed by atoms with Gasteiger partial charge < -0.3 is 14.6 Å². The number of hydrogen-bond donors (Lipinski definition) is 1. The third-order valence-corrected chi connectivity index (χ3v) is 7.04. The topological polar surface area (TPSA) is 68.7 Å². The van der Waals surface area contributed by atoms with Gasteiger partial charge in [-0.2, -0.15) is 13.2 Å². The Bertz CT molecular complexity index is 1170. The molecule has 0 radical (unpaired) electrons. The molecule has 0 saturated heterocycles. The minimum absolute atomic E-state index is 0.292. The molecule has 0 spiro atoms. The number of ether oxygens (including phenoxy) is 2. The first-order valence-corrected chi connectivity index (χ1v) is 12.3. The summed E-state index contributed by atoms with van der Waals surface area (Å²) in [6.45, 7) is 2.41. The second-order valence-electron chi connectivity index (χ2n) is 8.37. The molecule has 1 aromatic heterocycles. The van der Waals surface area contributed by atoms with Crippen molar-refractivity contribution in [3.63, 3.8) is 0 Å². The van der Waals surface area contributed by atoms with Gasteiger partial charge in [-0.15, -0.1) is 11.3 Å². The normalized spacial score (nSPS) is 14.4. The number of alkyl halides is 3. The van der Waals surface area contributed by atoms with Crippen LogP contribution >= 0.6 is 11.3 Å². The number of benzene rings is 2. The number of carboxylic acid groups (broad SMARTS) is 1. The molecule has 186 valence electrons. The first-order valence-electron chi connectivity index (χ1n) is 11.5. The van der Waals surface area contributed by atoms with Crippen molar-refractivity contribution in [1.82, 2.24) is 4.98 Å². The summed E-state index contributed by atoms with van der Waals surface area (Å²) in [5.41, 5.74) is 3.18. The molecule has 1 N–H and O–H groups in total. The Morgan fingerprint density at radius 1 is 1.11 bits per heavy atom. The molecule has 1 heterocycles. The molecule has 9 heteroatoms. The molecule has 0 amide bonds. The van der Waals surface area contributed by atoms with Gasteiger partial charge >= 0.3 is 12.1 Å². The van der Waals surface area contributed by atoms with E-state index in [1.165, 1.54) is 23.5 Å². The summed E-state index contributed by atoms with van der Waals surface area (Å²) in [6.07, 6.45) is 0.574. The Labute approximate surface area is 205 Å². The van der Waals surface area contributed by atoms with Crippen LogP contribution in [-0.4, -0.2) is 28.8 Å². The summed E-state index contributed by atoms with van der Waals surface area (Å²) in [4.78, 5) is 16.8. The van der Waals surface area contributed by atoms with E-state index in [0.717, 1.165) is 65.1 Å². The molecule has 1 unspecified atom stereocenters. The monoisotopic (exact) mass is 505 g/mol. The number of aromatic nitrogens is 1. The van der Waals surface area contributed by atoms with E-state index >= 15 is 0 Å². The summed E-state index contributed by atoms with van der Waals surface area (Å²) in [5.74, 6) is -0.193. The molecule has 0 bridgehead atoms. The molecule has 1 aliphatic rings. The highest BCUT2D eigenvalue weighted by atomic mass is 32.1. The van der Waals surface area contributed by atoms with Gasteiger partial charge in [-0.25, -0.2) is 9.78 Å². The van der Waals surface area contributed by atoms with Crippen molar-refractivity contribution < 1.29 is 32.5 Å². The lowest BCUT2D eigenvalue weighted by atomic mass is 9.86. The average Bonchev–Trinajstić information content (AvgIpc) is 3.31. The Hall–Kier alpha value is -2.91. The minimum Gasteiger partial charge on any atom is -0.488 e. The van der Waals surface area contributed by atoms with E-state index in [-0.39, 0.29) is 0 Å². The van der Waals surface area contributed by atoms with E-state index in [1.807, 2.05) is 12.1 Å². The molecule has 0 fully saturated rings. The molecule has 0 saturated carbocycles. The summed E-state index contributed by atoms with van der Waals surface area (Å²) < 4.78 is 49.9. The number of fused-ring (bicyclic) bond motifs is 1. The van der Waals surface area contributed by atoms with Crippen LogP contribution in [0.5, 0.6) is 5.75 Å². The third-order valence-electron chi connectivity index (χ3n) is 6.02. The lowest BCUT2D eigenvalue weighted by Gasteiger charge is -2.24. The Morgan fingerprint density at radius 3 is 2.49 bits per heavy atom. The van der Waals surface area contributed by atoms with Crippen LogP contribution in [0, 0.1) is 0 Å². The maximum absolute atomic E-state index is 12.8. The van der Waals surface area contributed by atoms with E-state index in [1.54, 1.807) is 13.1 Å². The molecular formula is C26H26F3NO4S. The zero-order valence-electron chi connectivity index (χ0n) is 19.2. The molecule has 1 aliphatic carbocycles. The van der Waals surface area contributed by atoms with E-state index < -0.39 is 23.8 Å². The average molecular weight is 506 g/mol. The van der Waals surface area contributed by atoms with E-state index in [2.05, 4.69) is 4.98 Å². The Kier molecular flexibility index (Phi) is 7.76. The van der Waals surface area contributed by atoms with Crippen LogP contribution in [0.15, 0.2) is 42.6 Å². The smallest absolute Gasteiger partial charge is 0.416 e. The fraction of sp³-hybridized carbons (Fsp3) is 0.385. The van der Waals surface area contributed by atoms with Gasteiger partial charge in [-0.3, -0.25) is 0 Å². The Morgan fingerprint density at radius 2 is 1.83 bits per heavy atom. The molecule has 4 rings (SSSR count). The molecule has 2 aromatic carbocycles. The van der Waals surface area contributed by atoms with Crippen LogP contribution in [0.2, 0.25) is 0 Å². The SMILES string of the molecule is CCOC(Cc1ccc(OCc2cnc(-c3ccc(C(F)(F)F)cc3)s2)c2c1CCCC2)C(=O)O. The van der Waals surface area contributed by atoms with E-state index in [0.29, 0.717) is 30.2 Å². The number of carbonyl (C=O) groups is 1. The largest absolute Gasteiger partial charge is 0.488 e. The predicted molar refractivity (Wildman–Crippen MR) is 127 cm³/mol. The number of rotatable bonds is 9. The van der Waals surface area contributed by atoms with Gasteiger partial charge in [0, 0.05) is 24.8 Å².